The number of benzene rings is 1. The van der Waals surface area contributed by atoms with Crippen molar-refractivity contribution in [1.82, 2.24) is 19.9 Å². The minimum Gasteiger partial charge on any atom is -0.427 e. The Labute approximate surface area is 202 Å². The maximum Gasteiger partial charge on any atom is 0.254 e. The molecule has 0 radical (unpaired) electrons. The summed E-state index contributed by atoms with van der Waals surface area (Å²) in [5.41, 5.74) is 3.46. The van der Waals surface area contributed by atoms with E-state index in [4.69, 9.17) is 9.40 Å². The molecule has 9 nitrogen and oxygen atoms in total. The summed E-state index contributed by atoms with van der Waals surface area (Å²) in [5.74, 6) is 1.08. The number of hydrogen-bond donors (Lipinski definition) is 1. The van der Waals surface area contributed by atoms with Crippen molar-refractivity contribution in [1.29, 1.82) is 0 Å². The average Bonchev–Trinajstić information content (AvgIpc) is 3.39. The highest BCUT2D eigenvalue weighted by Crippen LogP contribution is 2.33. The SMILES string of the molecule is Cc1cnc(Nc2ccc3c(c2)C(=O)N(C)CC=CC3)nc1N(C1=CC=CCC1=O)c1cnco1. The Morgan fingerprint density at radius 2 is 2.00 bits per heavy atom. The van der Waals surface area contributed by atoms with Crippen LogP contribution < -0.4 is 10.2 Å². The van der Waals surface area contributed by atoms with Crippen molar-refractivity contribution in [3.8, 4) is 0 Å². The lowest BCUT2D eigenvalue weighted by Crippen LogP contribution is -2.28. The minimum atomic E-state index is -0.0604. The number of anilines is 4. The molecule has 1 aliphatic carbocycles. The summed E-state index contributed by atoms with van der Waals surface area (Å²) in [4.78, 5) is 42.1. The van der Waals surface area contributed by atoms with Gasteiger partial charge < -0.3 is 14.6 Å². The van der Waals surface area contributed by atoms with Crippen LogP contribution >= 0.6 is 0 Å². The largest absolute Gasteiger partial charge is 0.427 e. The molecule has 0 saturated heterocycles. The standard InChI is InChI=1S/C26H24N6O3/c1-17-14-28-26(29-19-11-10-18-7-5-6-12-31(2)25(34)20(18)13-19)30-24(17)32(23-15-27-16-35-23)21-8-3-4-9-22(21)33/h3-6,8,10-11,13-16H,7,9,12H2,1-2H3,(H,28,29,30). The van der Waals surface area contributed by atoms with Crippen LogP contribution in [0.4, 0.5) is 23.3 Å². The van der Waals surface area contributed by atoms with E-state index in [0.717, 1.165) is 11.1 Å². The van der Waals surface area contributed by atoms with Gasteiger partial charge >= 0.3 is 0 Å². The quantitative estimate of drug-likeness (QED) is 0.554. The van der Waals surface area contributed by atoms with Gasteiger partial charge in [0.25, 0.3) is 5.91 Å². The Morgan fingerprint density at radius 3 is 2.80 bits per heavy atom. The van der Waals surface area contributed by atoms with E-state index >= 15 is 0 Å². The molecule has 3 heterocycles. The molecule has 1 N–H and O–H groups in total. The molecule has 35 heavy (non-hydrogen) atoms. The summed E-state index contributed by atoms with van der Waals surface area (Å²) in [6.07, 6.45) is 14.9. The Kier molecular flexibility index (Phi) is 5.97. The third-order valence-electron chi connectivity index (χ3n) is 5.84. The number of amides is 1. The van der Waals surface area contributed by atoms with Crippen molar-refractivity contribution in [2.75, 3.05) is 23.8 Å². The maximum absolute atomic E-state index is 12.9. The molecule has 1 aromatic carbocycles. The first kappa shape index (κ1) is 22.3. The van der Waals surface area contributed by atoms with Crippen LogP contribution in [0.25, 0.3) is 0 Å². The number of hydrogen-bond acceptors (Lipinski definition) is 8. The van der Waals surface area contributed by atoms with Crippen LogP contribution in [0.3, 0.4) is 0 Å². The lowest BCUT2D eigenvalue weighted by atomic mass is 10.0. The summed E-state index contributed by atoms with van der Waals surface area (Å²) in [6, 6.07) is 5.66. The third-order valence-corrected chi connectivity index (χ3v) is 5.84. The molecule has 2 aliphatic rings. The predicted molar refractivity (Wildman–Crippen MR) is 132 cm³/mol. The number of allylic oxidation sites excluding steroid dienone is 5. The summed E-state index contributed by atoms with van der Waals surface area (Å²) in [7, 11) is 1.78. The van der Waals surface area contributed by atoms with Crippen LogP contribution in [0.1, 0.15) is 27.9 Å². The highest BCUT2D eigenvalue weighted by Gasteiger charge is 2.26. The number of likely N-dealkylation sites (N-methyl/N-ethyl adjacent to an activating group) is 1. The predicted octanol–water partition coefficient (Wildman–Crippen LogP) is 4.25. The van der Waals surface area contributed by atoms with Gasteiger partial charge in [-0.2, -0.15) is 4.98 Å². The monoisotopic (exact) mass is 468 g/mol. The third kappa shape index (κ3) is 4.48. The zero-order valence-corrected chi connectivity index (χ0v) is 19.4. The molecular weight excluding hydrogens is 444 g/mol. The minimum absolute atomic E-state index is 0.0363. The fraction of sp³-hybridized carbons (Fsp3) is 0.192. The van der Waals surface area contributed by atoms with Crippen LogP contribution in [0.2, 0.25) is 0 Å². The molecule has 0 saturated carbocycles. The second kappa shape index (κ2) is 9.38. The fourth-order valence-electron chi connectivity index (χ4n) is 4.00. The number of carbonyl (C=O) groups is 2. The topological polar surface area (TPSA) is 104 Å². The van der Waals surface area contributed by atoms with E-state index in [9.17, 15) is 9.59 Å². The number of aryl methyl sites for hydroxylation is 1. The first-order chi connectivity index (χ1) is 17.0. The Balaban J connectivity index is 1.51. The van der Waals surface area contributed by atoms with E-state index in [-0.39, 0.29) is 11.7 Å². The molecule has 1 aliphatic heterocycles. The molecule has 3 aromatic rings. The van der Waals surface area contributed by atoms with E-state index in [2.05, 4.69) is 21.4 Å². The number of rotatable bonds is 5. The van der Waals surface area contributed by atoms with Gasteiger partial charge in [0.1, 0.15) is 5.82 Å². The van der Waals surface area contributed by atoms with Gasteiger partial charge in [0.15, 0.2) is 12.2 Å². The van der Waals surface area contributed by atoms with Gasteiger partial charge in [-0.25, -0.2) is 9.97 Å². The maximum atomic E-state index is 12.9. The van der Waals surface area contributed by atoms with Gasteiger partial charge in [-0.3, -0.25) is 14.5 Å². The molecule has 0 fully saturated rings. The van der Waals surface area contributed by atoms with Crippen LogP contribution in [0.5, 0.6) is 0 Å². The number of nitrogens with one attached hydrogen (secondary N) is 1. The number of oxazole rings is 1. The molecule has 176 valence electrons. The summed E-state index contributed by atoms with van der Waals surface area (Å²) < 4.78 is 5.54. The van der Waals surface area contributed by atoms with Crippen LogP contribution in [-0.2, 0) is 11.2 Å². The van der Waals surface area contributed by atoms with Crippen molar-refractivity contribution in [3.05, 3.63) is 89.8 Å². The van der Waals surface area contributed by atoms with E-state index in [1.807, 2.05) is 37.3 Å². The summed E-state index contributed by atoms with van der Waals surface area (Å²) in [6.45, 7) is 2.43. The van der Waals surface area contributed by atoms with Gasteiger partial charge in [0.05, 0.1) is 11.9 Å². The number of aromatic nitrogens is 3. The smallest absolute Gasteiger partial charge is 0.254 e. The van der Waals surface area contributed by atoms with Crippen molar-refractivity contribution >= 4 is 35.0 Å². The Hall–Kier alpha value is -4.53. The van der Waals surface area contributed by atoms with Crippen molar-refractivity contribution in [2.45, 2.75) is 19.8 Å². The van der Waals surface area contributed by atoms with Crippen LogP contribution in [-0.4, -0.2) is 45.1 Å². The number of nitrogens with zero attached hydrogens (tertiary/aromatic N) is 5. The lowest BCUT2D eigenvalue weighted by molar-refractivity contribution is -0.114. The fourth-order valence-corrected chi connectivity index (χ4v) is 4.00. The van der Waals surface area contributed by atoms with Crippen LogP contribution in [0, 0.1) is 6.92 Å². The van der Waals surface area contributed by atoms with Gasteiger partial charge in [0.2, 0.25) is 11.8 Å². The molecule has 0 unspecified atom stereocenters. The molecule has 0 bridgehead atoms. The number of ketones is 1. The Morgan fingerprint density at radius 1 is 1.11 bits per heavy atom. The summed E-state index contributed by atoms with van der Waals surface area (Å²) in [5, 5.41) is 3.21. The summed E-state index contributed by atoms with van der Waals surface area (Å²) >= 11 is 0. The molecule has 5 rings (SSSR count). The first-order valence-corrected chi connectivity index (χ1v) is 11.2. The molecular formula is C26H24N6O3. The van der Waals surface area contributed by atoms with Crippen molar-refractivity contribution in [3.63, 3.8) is 0 Å². The first-order valence-electron chi connectivity index (χ1n) is 11.2. The lowest BCUT2D eigenvalue weighted by Gasteiger charge is -2.25. The van der Waals surface area contributed by atoms with Gasteiger partial charge in [0, 0.05) is 43.0 Å². The van der Waals surface area contributed by atoms with Crippen molar-refractivity contribution < 1.29 is 14.0 Å². The zero-order chi connectivity index (χ0) is 24.4. The second-order valence-electron chi connectivity index (χ2n) is 8.34. The highest BCUT2D eigenvalue weighted by molar-refractivity contribution is 6.02. The van der Waals surface area contributed by atoms with Crippen LogP contribution in [0.15, 0.2) is 77.5 Å². The van der Waals surface area contributed by atoms with Gasteiger partial charge in [-0.1, -0.05) is 30.4 Å². The number of fused-ring (bicyclic) bond motifs is 1. The number of Topliss-reactive ketones (excluding diaryl/α,β-unsaturated/α-hetero) is 1. The van der Waals surface area contributed by atoms with E-state index < -0.39 is 0 Å². The second-order valence-corrected chi connectivity index (χ2v) is 8.34. The molecule has 2 aromatic heterocycles. The van der Waals surface area contributed by atoms with Crippen molar-refractivity contribution in [2.24, 2.45) is 0 Å². The van der Waals surface area contributed by atoms with E-state index in [1.54, 1.807) is 35.2 Å². The molecule has 0 atom stereocenters. The van der Waals surface area contributed by atoms with E-state index in [1.165, 1.54) is 12.6 Å². The molecule has 1 amide bonds. The van der Waals surface area contributed by atoms with Gasteiger partial charge in [-0.05, 0) is 37.1 Å². The average molecular weight is 469 g/mol. The molecule has 9 heteroatoms. The Bertz CT molecular complexity index is 1370. The molecule has 0 spiro atoms. The number of carbonyl (C=O) groups excluding carboxylic acids is 2. The van der Waals surface area contributed by atoms with Gasteiger partial charge in [-0.15, -0.1) is 0 Å². The highest BCUT2D eigenvalue weighted by atomic mass is 16.4. The van der Waals surface area contributed by atoms with E-state index in [0.29, 0.717) is 54.0 Å². The zero-order valence-electron chi connectivity index (χ0n) is 19.4. The normalized spacial score (nSPS) is 15.4.